The topological polar surface area (TPSA) is 57.9 Å². The Bertz CT molecular complexity index is 318. The smallest absolute Gasteiger partial charge is 0.120 e. The molecule has 14 heavy (non-hydrogen) atoms. The molecule has 78 valence electrons. The Hall–Kier alpha value is -0.870. The minimum Gasteiger partial charge on any atom is -0.345 e. The summed E-state index contributed by atoms with van der Waals surface area (Å²) in [5, 5.41) is 0. The van der Waals surface area contributed by atoms with Crippen molar-refractivity contribution in [1.82, 2.24) is 14.9 Å². The molecule has 2 rings (SSSR count). The van der Waals surface area contributed by atoms with Gasteiger partial charge in [-0.05, 0) is 33.4 Å². The zero-order chi connectivity index (χ0) is 10.1. The molecule has 0 aromatic carbocycles. The fourth-order valence-corrected chi connectivity index (χ4v) is 2.21. The van der Waals surface area contributed by atoms with Gasteiger partial charge in [-0.3, -0.25) is 4.90 Å². The molecule has 1 aromatic heterocycles. The number of imidazole rings is 1. The van der Waals surface area contributed by atoms with Crippen LogP contribution in [0.1, 0.15) is 36.1 Å². The van der Waals surface area contributed by atoms with Gasteiger partial charge in [0.25, 0.3) is 0 Å². The molecule has 3 N–H and O–H groups in total. The fraction of sp³-hybridized carbons (Fsp3) is 0.700. The average molecular weight is 194 g/mol. The molecule has 0 radical (unpaired) electrons. The van der Waals surface area contributed by atoms with Crippen LogP contribution in [-0.2, 0) is 6.54 Å². The second-order valence-electron chi connectivity index (χ2n) is 4.04. The molecule has 1 unspecified atom stereocenters. The molecule has 4 nitrogen and oxygen atoms in total. The zero-order valence-electron chi connectivity index (χ0n) is 8.88. The maximum absolute atomic E-state index is 5.56. The molecular formula is C10H18N4. The zero-order valence-corrected chi connectivity index (χ0v) is 8.88. The van der Waals surface area contributed by atoms with Crippen LogP contribution in [0.5, 0.6) is 0 Å². The summed E-state index contributed by atoms with van der Waals surface area (Å²) in [5.74, 6) is 0.901. The molecule has 0 spiro atoms. The number of aromatic nitrogens is 2. The van der Waals surface area contributed by atoms with Gasteiger partial charge in [-0.2, -0.15) is 0 Å². The van der Waals surface area contributed by atoms with E-state index in [1.54, 1.807) is 0 Å². The number of nitrogens with two attached hydrogens (primary N) is 1. The van der Waals surface area contributed by atoms with Crippen molar-refractivity contribution in [3.05, 3.63) is 17.2 Å². The number of H-pyrrole nitrogens is 1. The van der Waals surface area contributed by atoms with Crippen molar-refractivity contribution < 1.29 is 0 Å². The van der Waals surface area contributed by atoms with E-state index in [0.717, 1.165) is 5.82 Å². The maximum atomic E-state index is 5.56. The average Bonchev–Trinajstić information content (AvgIpc) is 2.72. The lowest BCUT2D eigenvalue weighted by molar-refractivity contribution is 0.311. The molecule has 1 aliphatic rings. The van der Waals surface area contributed by atoms with Crippen molar-refractivity contribution in [1.29, 1.82) is 0 Å². The van der Waals surface area contributed by atoms with E-state index in [1.165, 1.54) is 30.8 Å². The van der Waals surface area contributed by atoms with Crippen LogP contribution < -0.4 is 5.73 Å². The Morgan fingerprint density at radius 3 is 2.93 bits per heavy atom. The molecule has 1 saturated heterocycles. The van der Waals surface area contributed by atoms with Gasteiger partial charge in [0.05, 0.1) is 18.3 Å². The van der Waals surface area contributed by atoms with Gasteiger partial charge in [0.2, 0.25) is 0 Å². The van der Waals surface area contributed by atoms with Crippen molar-refractivity contribution in [2.75, 3.05) is 13.6 Å². The van der Waals surface area contributed by atoms with Crippen molar-refractivity contribution in [2.45, 2.75) is 32.4 Å². The lowest BCUT2D eigenvalue weighted by atomic mass is 10.1. The summed E-state index contributed by atoms with van der Waals surface area (Å²) in [5.41, 5.74) is 7.91. The first kappa shape index (κ1) is 9.68. The monoisotopic (exact) mass is 194 g/mol. The summed E-state index contributed by atoms with van der Waals surface area (Å²) in [4.78, 5) is 10.1. The minimum absolute atomic E-state index is 0.492. The first-order chi connectivity index (χ1) is 6.72. The summed E-state index contributed by atoms with van der Waals surface area (Å²) in [6, 6.07) is 0.492. The summed E-state index contributed by atoms with van der Waals surface area (Å²) >= 11 is 0. The van der Waals surface area contributed by atoms with E-state index < -0.39 is 0 Å². The van der Waals surface area contributed by atoms with Crippen LogP contribution in [0.25, 0.3) is 0 Å². The highest BCUT2D eigenvalue weighted by molar-refractivity contribution is 5.18. The van der Waals surface area contributed by atoms with E-state index in [2.05, 4.69) is 28.8 Å². The molecule has 0 aliphatic carbocycles. The standard InChI is InChI=1S/C10H18N4/c1-7-10(13-9(6-11)12-7)8-4-3-5-14(8)2/h8H,3-6,11H2,1-2H3,(H,12,13). The number of nitrogens with one attached hydrogen (secondary N) is 1. The van der Waals surface area contributed by atoms with Gasteiger partial charge in [-0.25, -0.2) is 4.98 Å². The fourth-order valence-electron chi connectivity index (χ4n) is 2.21. The van der Waals surface area contributed by atoms with Gasteiger partial charge in [0, 0.05) is 5.69 Å². The molecule has 1 atom stereocenters. The van der Waals surface area contributed by atoms with Crippen LogP contribution in [0.2, 0.25) is 0 Å². The number of aryl methyl sites for hydroxylation is 1. The van der Waals surface area contributed by atoms with Gasteiger partial charge >= 0.3 is 0 Å². The van der Waals surface area contributed by atoms with Crippen molar-refractivity contribution >= 4 is 0 Å². The van der Waals surface area contributed by atoms with Crippen molar-refractivity contribution in [3.63, 3.8) is 0 Å². The van der Waals surface area contributed by atoms with Crippen LogP contribution in [0.15, 0.2) is 0 Å². The number of hydrogen-bond donors (Lipinski definition) is 2. The third kappa shape index (κ3) is 1.55. The molecule has 1 aromatic rings. The molecule has 2 heterocycles. The largest absolute Gasteiger partial charge is 0.345 e. The Balaban J connectivity index is 2.26. The van der Waals surface area contributed by atoms with Crippen LogP contribution in [0.3, 0.4) is 0 Å². The SMILES string of the molecule is Cc1[nH]c(CN)nc1C1CCCN1C. The molecule has 0 amide bonds. The summed E-state index contributed by atoms with van der Waals surface area (Å²) in [6.07, 6.45) is 2.48. The summed E-state index contributed by atoms with van der Waals surface area (Å²) < 4.78 is 0. The van der Waals surface area contributed by atoms with Crippen LogP contribution >= 0.6 is 0 Å². The van der Waals surface area contributed by atoms with Crippen LogP contribution in [0, 0.1) is 6.92 Å². The van der Waals surface area contributed by atoms with Gasteiger partial charge in [0.15, 0.2) is 0 Å². The first-order valence-corrected chi connectivity index (χ1v) is 5.18. The van der Waals surface area contributed by atoms with E-state index in [0.29, 0.717) is 12.6 Å². The van der Waals surface area contributed by atoms with E-state index in [1.807, 2.05) is 0 Å². The molecule has 1 fully saturated rings. The molecular weight excluding hydrogens is 176 g/mol. The lowest BCUT2D eigenvalue weighted by Gasteiger charge is -2.17. The number of likely N-dealkylation sites (tertiary alicyclic amines) is 1. The molecule has 4 heteroatoms. The van der Waals surface area contributed by atoms with Gasteiger partial charge < -0.3 is 10.7 Å². The number of rotatable bonds is 2. The predicted octanol–water partition coefficient (Wildman–Crippen LogP) is 0.944. The minimum atomic E-state index is 0.492. The highest BCUT2D eigenvalue weighted by atomic mass is 15.2. The third-order valence-corrected chi connectivity index (χ3v) is 3.00. The number of nitrogens with zero attached hydrogens (tertiary/aromatic N) is 2. The van der Waals surface area contributed by atoms with Gasteiger partial charge in [-0.15, -0.1) is 0 Å². The predicted molar refractivity (Wildman–Crippen MR) is 55.8 cm³/mol. The van der Waals surface area contributed by atoms with Crippen LogP contribution in [0.4, 0.5) is 0 Å². The van der Waals surface area contributed by atoms with Gasteiger partial charge in [0.1, 0.15) is 5.82 Å². The Morgan fingerprint density at radius 1 is 1.64 bits per heavy atom. The normalized spacial score (nSPS) is 23.2. The summed E-state index contributed by atoms with van der Waals surface area (Å²) in [7, 11) is 2.16. The lowest BCUT2D eigenvalue weighted by Crippen LogP contribution is -2.18. The summed E-state index contributed by atoms with van der Waals surface area (Å²) in [6.45, 7) is 3.75. The molecule has 0 saturated carbocycles. The van der Waals surface area contributed by atoms with Crippen molar-refractivity contribution in [3.8, 4) is 0 Å². The second kappa shape index (κ2) is 3.71. The first-order valence-electron chi connectivity index (χ1n) is 5.18. The Morgan fingerprint density at radius 2 is 2.43 bits per heavy atom. The number of aromatic amines is 1. The molecule has 0 bridgehead atoms. The highest BCUT2D eigenvalue weighted by Crippen LogP contribution is 2.30. The molecule has 1 aliphatic heterocycles. The van der Waals surface area contributed by atoms with E-state index in [-0.39, 0.29) is 0 Å². The van der Waals surface area contributed by atoms with E-state index in [9.17, 15) is 0 Å². The van der Waals surface area contributed by atoms with Gasteiger partial charge in [-0.1, -0.05) is 0 Å². The second-order valence-corrected chi connectivity index (χ2v) is 4.04. The maximum Gasteiger partial charge on any atom is 0.120 e. The third-order valence-electron chi connectivity index (χ3n) is 3.00. The Kier molecular flexibility index (Phi) is 2.56. The highest BCUT2D eigenvalue weighted by Gasteiger charge is 2.26. The van der Waals surface area contributed by atoms with Crippen molar-refractivity contribution in [2.24, 2.45) is 5.73 Å². The quantitative estimate of drug-likeness (QED) is 0.736. The number of hydrogen-bond acceptors (Lipinski definition) is 3. The Labute approximate surface area is 84.5 Å². The van der Waals surface area contributed by atoms with E-state index >= 15 is 0 Å². The van der Waals surface area contributed by atoms with Crippen LogP contribution in [-0.4, -0.2) is 28.5 Å². The van der Waals surface area contributed by atoms with E-state index in [4.69, 9.17) is 5.73 Å².